The lowest BCUT2D eigenvalue weighted by atomic mass is 9.64. The predicted molar refractivity (Wildman–Crippen MR) is 171 cm³/mol. The third-order valence-corrected chi connectivity index (χ3v) is 14.5. The highest BCUT2D eigenvalue weighted by atomic mass is 16.6. The van der Waals surface area contributed by atoms with E-state index in [4.69, 9.17) is 23.7 Å². The monoisotopic (exact) mass is 632 g/mol. The fourth-order valence-corrected chi connectivity index (χ4v) is 12.0. The molecule has 0 aromatic rings. The Morgan fingerprint density at radius 1 is 0.689 bits per heavy atom. The molecule has 4 aliphatic carbocycles. The van der Waals surface area contributed by atoms with Crippen LogP contribution >= 0.6 is 0 Å². The van der Waals surface area contributed by atoms with Crippen molar-refractivity contribution < 1.29 is 33.7 Å². The molecule has 0 aromatic carbocycles. The molecule has 1 N–H and O–H groups in total. The van der Waals surface area contributed by atoms with Crippen LogP contribution < -0.4 is 10.0 Å². The SMILES string of the molecule is COC1CCC2CC1OC1CCC(CC1)CC1C3CC(OC4C([O-])C(OC)CC5CC[NH+](C)C(C2)C54)C(OC)CC3CCN1C. The number of nitrogens with zero attached hydrogens (tertiary/aromatic N) is 1. The van der Waals surface area contributed by atoms with Gasteiger partial charge in [0.1, 0.15) is 0 Å². The van der Waals surface area contributed by atoms with Gasteiger partial charge in [0.2, 0.25) is 0 Å². The highest BCUT2D eigenvalue weighted by molar-refractivity contribution is 5.02. The molecule has 4 heterocycles. The molecule has 8 fully saturated rings. The highest BCUT2D eigenvalue weighted by Crippen LogP contribution is 2.48. The minimum atomic E-state index is -0.855. The van der Waals surface area contributed by atoms with Crippen molar-refractivity contribution in [1.82, 2.24) is 4.90 Å². The van der Waals surface area contributed by atoms with E-state index in [1.54, 1.807) is 12.0 Å². The molecule has 0 aromatic heterocycles. The molecule has 4 aliphatic heterocycles. The summed E-state index contributed by atoms with van der Waals surface area (Å²) in [6.45, 7) is 2.34. The quantitative estimate of drug-likeness (QED) is 0.513. The van der Waals surface area contributed by atoms with Gasteiger partial charge in [-0.3, -0.25) is 0 Å². The number of methoxy groups -OCH3 is 3. The predicted octanol–water partition coefficient (Wildman–Crippen LogP) is 2.71. The van der Waals surface area contributed by atoms with Crippen LogP contribution in [-0.2, 0) is 23.7 Å². The van der Waals surface area contributed by atoms with E-state index in [1.807, 2.05) is 14.2 Å². The Morgan fingerprint density at radius 2 is 1.40 bits per heavy atom. The summed E-state index contributed by atoms with van der Waals surface area (Å²) in [5, 5.41) is 14.4. The molecule has 0 amide bonds. The van der Waals surface area contributed by atoms with Crippen molar-refractivity contribution in [3.63, 3.8) is 0 Å². The normalized spacial score (nSPS) is 52.8. The fourth-order valence-electron chi connectivity index (χ4n) is 12.0. The van der Waals surface area contributed by atoms with Gasteiger partial charge in [0.15, 0.2) is 0 Å². The van der Waals surface area contributed by atoms with Crippen LogP contribution in [0.4, 0.5) is 0 Å². The van der Waals surface area contributed by atoms with Crippen LogP contribution in [0.25, 0.3) is 0 Å². The smallest absolute Gasteiger partial charge is 0.0931 e. The Kier molecular flexibility index (Phi) is 10.5. The molecule has 4 saturated heterocycles. The van der Waals surface area contributed by atoms with Crippen LogP contribution in [0.15, 0.2) is 0 Å². The van der Waals surface area contributed by atoms with Gasteiger partial charge in [-0.05, 0) is 120 Å². The summed E-state index contributed by atoms with van der Waals surface area (Å²) in [4.78, 5) is 4.26. The second-order valence-electron chi connectivity index (χ2n) is 16.7. The summed E-state index contributed by atoms with van der Waals surface area (Å²) in [5.74, 6) is 3.39. The summed E-state index contributed by atoms with van der Waals surface area (Å²) in [5.41, 5.74) is 0. The van der Waals surface area contributed by atoms with Gasteiger partial charge in [-0.1, -0.05) is 6.10 Å². The molecule has 4 saturated carbocycles. The first-order chi connectivity index (χ1) is 21.9. The molecule has 6 bridgehead atoms. The van der Waals surface area contributed by atoms with Crippen LogP contribution in [0.1, 0.15) is 89.9 Å². The fraction of sp³-hybridized carbons (Fsp3) is 1.00. The number of piperidine rings is 2. The maximum absolute atomic E-state index is 14.4. The summed E-state index contributed by atoms with van der Waals surface area (Å²) >= 11 is 0. The molecular formula is C37H64N2O6. The van der Waals surface area contributed by atoms with Gasteiger partial charge in [0.05, 0.1) is 56.3 Å². The van der Waals surface area contributed by atoms with Gasteiger partial charge in [-0.2, -0.15) is 0 Å². The van der Waals surface area contributed by atoms with E-state index in [2.05, 4.69) is 19.0 Å². The highest BCUT2D eigenvalue weighted by Gasteiger charge is 2.53. The average Bonchev–Trinajstić information content (AvgIpc) is 3.05. The maximum atomic E-state index is 14.4. The zero-order chi connectivity index (χ0) is 31.2. The Bertz CT molecular complexity index is 963. The molecule has 8 nitrogen and oxygen atoms in total. The first-order valence-corrected chi connectivity index (χ1v) is 18.9. The van der Waals surface area contributed by atoms with Gasteiger partial charge in [-0.25, -0.2) is 0 Å². The molecule has 8 heteroatoms. The Balaban J connectivity index is 1.23. The van der Waals surface area contributed by atoms with Crippen LogP contribution in [0.2, 0.25) is 0 Å². The molecule has 0 radical (unpaired) electrons. The first kappa shape index (κ1) is 33.2. The number of ether oxygens (including phenoxy) is 5. The van der Waals surface area contributed by atoms with Gasteiger partial charge in [0, 0.05) is 52.2 Å². The number of hydrogen-bond acceptors (Lipinski definition) is 7. The van der Waals surface area contributed by atoms with E-state index in [0.29, 0.717) is 41.9 Å². The van der Waals surface area contributed by atoms with Gasteiger partial charge >= 0.3 is 0 Å². The summed E-state index contributed by atoms with van der Waals surface area (Å²) in [6.07, 6.45) is 15.4. The van der Waals surface area contributed by atoms with E-state index in [1.165, 1.54) is 51.5 Å². The van der Waals surface area contributed by atoms with Crippen molar-refractivity contribution in [3.8, 4) is 0 Å². The average molecular weight is 633 g/mol. The standard InChI is InChI=1S/C37H63N2O6/c1-38-14-12-24-19-31(42-4)33-21-27(24)28(38)16-22-6-9-26(10-7-22)44-32-18-23(8-11-30(32)41-3)17-29-35-25(13-15-39(29)2)20-34(43-5)36(40)37(35)45-33/h22-37H,6-21H2,1-5H3/q-1/p+1. The second kappa shape index (κ2) is 14.3. The number of likely N-dealkylation sites (tertiary alicyclic amines) is 2. The Hall–Kier alpha value is -0.320. The summed E-state index contributed by atoms with van der Waals surface area (Å²) < 4.78 is 32.5. The number of hydrogen-bond donors (Lipinski definition) is 1. The maximum Gasteiger partial charge on any atom is 0.0931 e. The minimum absolute atomic E-state index is 0.0182. The zero-order valence-corrected chi connectivity index (χ0v) is 28.9. The molecule has 8 rings (SSSR count). The lowest BCUT2D eigenvalue weighted by molar-refractivity contribution is -0.920. The molecule has 0 spiro atoms. The largest absolute Gasteiger partial charge is 0.848 e. The molecule has 15 atom stereocenters. The van der Waals surface area contributed by atoms with Crippen molar-refractivity contribution in [1.29, 1.82) is 0 Å². The van der Waals surface area contributed by atoms with E-state index in [-0.39, 0.29) is 42.5 Å². The van der Waals surface area contributed by atoms with Crippen LogP contribution in [0.3, 0.4) is 0 Å². The van der Waals surface area contributed by atoms with E-state index < -0.39 is 6.10 Å². The van der Waals surface area contributed by atoms with Crippen molar-refractivity contribution in [2.24, 2.45) is 35.5 Å². The molecule has 15 unspecified atom stereocenters. The van der Waals surface area contributed by atoms with Crippen LogP contribution in [0, 0.1) is 35.5 Å². The lowest BCUT2D eigenvalue weighted by Gasteiger charge is -2.57. The number of fused-ring (bicyclic) bond motifs is 2. The third-order valence-electron chi connectivity index (χ3n) is 14.5. The van der Waals surface area contributed by atoms with Crippen molar-refractivity contribution in [2.45, 2.75) is 151 Å². The Labute approximate surface area is 273 Å². The second-order valence-corrected chi connectivity index (χ2v) is 16.7. The van der Waals surface area contributed by atoms with Crippen molar-refractivity contribution in [3.05, 3.63) is 0 Å². The van der Waals surface area contributed by atoms with Crippen LogP contribution in [-0.4, -0.2) is 114 Å². The molecule has 8 aliphatic rings. The summed E-state index contributed by atoms with van der Waals surface area (Å²) in [6, 6.07) is 1.01. The third kappa shape index (κ3) is 6.67. The first-order valence-electron chi connectivity index (χ1n) is 18.9. The van der Waals surface area contributed by atoms with E-state index >= 15 is 0 Å². The molecular weight excluding hydrogens is 568 g/mol. The minimum Gasteiger partial charge on any atom is -0.848 e. The van der Waals surface area contributed by atoms with Gasteiger partial charge in [-0.15, -0.1) is 0 Å². The van der Waals surface area contributed by atoms with Gasteiger partial charge < -0.3 is 38.6 Å². The number of rotatable bonds is 3. The zero-order valence-electron chi connectivity index (χ0n) is 28.9. The van der Waals surface area contributed by atoms with Crippen molar-refractivity contribution in [2.75, 3.05) is 48.5 Å². The topological polar surface area (TPSA) is 76.9 Å². The van der Waals surface area contributed by atoms with E-state index in [9.17, 15) is 5.11 Å². The summed E-state index contributed by atoms with van der Waals surface area (Å²) in [7, 11) is 10.2. The van der Waals surface area contributed by atoms with Gasteiger partial charge in [0.25, 0.3) is 0 Å². The Morgan fingerprint density at radius 3 is 2.16 bits per heavy atom. The lowest BCUT2D eigenvalue weighted by Crippen LogP contribution is -3.15. The molecule has 258 valence electrons. The van der Waals surface area contributed by atoms with Crippen LogP contribution in [0.5, 0.6) is 0 Å². The van der Waals surface area contributed by atoms with E-state index in [0.717, 1.165) is 57.4 Å². The molecule has 45 heavy (non-hydrogen) atoms. The number of quaternary nitrogens is 1. The number of nitrogens with one attached hydrogen (secondary N) is 1. The van der Waals surface area contributed by atoms with Crippen molar-refractivity contribution >= 4 is 0 Å².